The molecule has 0 radical (unpaired) electrons. The van der Waals surface area contributed by atoms with Gasteiger partial charge in [-0.15, -0.1) is 11.8 Å². The molecule has 0 aliphatic rings. The molecule has 0 spiro atoms. The van der Waals surface area contributed by atoms with Crippen LogP contribution in [0.1, 0.15) is 13.3 Å². The SMILES string of the molecule is CCCOc1ccc(OCC(=O)Nc2ccccc2SCC(F)(F)F)cc1. The van der Waals surface area contributed by atoms with Gasteiger partial charge in [0.2, 0.25) is 0 Å². The summed E-state index contributed by atoms with van der Waals surface area (Å²) in [6, 6.07) is 13.2. The van der Waals surface area contributed by atoms with Crippen molar-refractivity contribution in [1.82, 2.24) is 0 Å². The first-order valence-corrected chi connectivity index (χ1v) is 9.30. The van der Waals surface area contributed by atoms with Crippen LogP contribution in [0.2, 0.25) is 0 Å². The molecule has 2 rings (SSSR count). The summed E-state index contributed by atoms with van der Waals surface area (Å²) < 4.78 is 48.1. The highest BCUT2D eigenvalue weighted by molar-refractivity contribution is 7.99. The zero-order chi connectivity index (χ0) is 19.7. The summed E-state index contributed by atoms with van der Waals surface area (Å²) in [5.41, 5.74) is 0.323. The van der Waals surface area contributed by atoms with Crippen LogP contribution in [0.3, 0.4) is 0 Å². The molecule has 4 nitrogen and oxygen atoms in total. The van der Waals surface area contributed by atoms with Gasteiger partial charge in [-0.2, -0.15) is 13.2 Å². The van der Waals surface area contributed by atoms with Crippen molar-refractivity contribution in [3.05, 3.63) is 48.5 Å². The number of halogens is 3. The third-order valence-corrected chi connectivity index (χ3v) is 4.36. The van der Waals surface area contributed by atoms with Crippen molar-refractivity contribution in [2.24, 2.45) is 0 Å². The van der Waals surface area contributed by atoms with Gasteiger partial charge in [-0.3, -0.25) is 4.79 Å². The molecule has 0 saturated carbocycles. The van der Waals surface area contributed by atoms with Crippen LogP contribution in [0.5, 0.6) is 11.5 Å². The van der Waals surface area contributed by atoms with E-state index >= 15 is 0 Å². The van der Waals surface area contributed by atoms with Crippen LogP contribution in [0.25, 0.3) is 0 Å². The van der Waals surface area contributed by atoms with Crippen molar-refractivity contribution in [2.75, 3.05) is 24.3 Å². The van der Waals surface area contributed by atoms with E-state index in [1.165, 1.54) is 6.07 Å². The third kappa shape index (κ3) is 7.82. The van der Waals surface area contributed by atoms with E-state index in [0.29, 0.717) is 40.5 Å². The molecule has 0 fully saturated rings. The standard InChI is InChI=1S/C19H20F3NO3S/c1-2-11-25-14-7-9-15(10-8-14)26-12-18(24)23-16-5-3-4-6-17(16)27-13-19(20,21)22/h3-10H,2,11-13H2,1H3,(H,23,24). The molecule has 0 aromatic heterocycles. The molecule has 1 amide bonds. The molecule has 2 aromatic rings. The Morgan fingerprint density at radius 3 is 2.30 bits per heavy atom. The Labute approximate surface area is 160 Å². The quantitative estimate of drug-likeness (QED) is 0.593. The van der Waals surface area contributed by atoms with Crippen LogP contribution >= 0.6 is 11.8 Å². The number of hydrogen-bond donors (Lipinski definition) is 1. The summed E-state index contributed by atoms with van der Waals surface area (Å²) in [6.07, 6.45) is -3.38. The predicted molar refractivity (Wildman–Crippen MR) is 99.6 cm³/mol. The molecule has 0 aliphatic carbocycles. The molecule has 0 bridgehead atoms. The number of ether oxygens (including phenoxy) is 2. The van der Waals surface area contributed by atoms with E-state index in [0.717, 1.165) is 6.42 Å². The number of thioether (sulfide) groups is 1. The second-order valence-electron chi connectivity index (χ2n) is 5.56. The molecule has 2 aromatic carbocycles. The number of carbonyl (C=O) groups is 1. The first-order valence-electron chi connectivity index (χ1n) is 8.31. The van der Waals surface area contributed by atoms with Crippen molar-refractivity contribution >= 4 is 23.4 Å². The number of amides is 1. The minimum Gasteiger partial charge on any atom is -0.494 e. The predicted octanol–water partition coefficient (Wildman–Crippen LogP) is 5.15. The Bertz CT molecular complexity index is 736. The minimum atomic E-state index is -4.28. The molecular weight excluding hydrogens is 379 g/mol. The fraction of sp³-hybridized carbons (Fsp3) is 0.316. The lowest BCUT2D eigenvalue weighted by atomic mass is 10.3. The van der Waals surface area contributed by atoms with Gasteiger partial charge in [0.15, 0.2) is 6.61 Å². The van der Waals surface area contributed by atoms with Gasteiger partial charge in [0.05, 0.1) is 18.0 Å². The summed E-state index contributed by atoms with van der Waals surface area (Å²) in [7, 11) is 0. The Morgan fingerprint density at radius 2 is 1.67 bits per heavy atom. The van der Waals surface area contributed by atoms with Crippen LogP contribution in [-0.4, -0.2) is 31.1 Å². The van der Waals surface area contributed by atoms with E-state index in [-0.39, 0.29) is 6.61 Å². The van der Waals surface area contributed by atoms with E-state index in [1.54, 1.807) is 42.5 Å². The maximum atomic E-state index is 12.4. The number of rotatable bonds is 9. The van der Waals surface area contributed by atoms with Crippen molar-refractivity contribution in [3.8, 4) is 11.5 Å². The second-order valence-corrected chi connectivity index (χ2v) is 6.57. The Morgan fingerprint density at radius 1 is 1.04 bits per heavy atom. The molecule has 146 valence electrons. The van der Waals surface area contributed by atoms with E-state index in [2.05, 4.69) is 5.32 Å². The maximum Gasteiger partial charge on any atom is 0.398 e. The molecule has 0 aliphatic heterocycles. The van der Waals surface area contributed by atoms with Crippen LogP contribution < -0.4 is 14.8 Å². The largest absolute Gasteiger partial charge is 0.494 e. The van der Waals surface area contributed by atoms with Crippen molar-refractivity contribution in [1.29, 1.82) is 0 Å². The number of carbonyl (C=O) groups excluding carboxylic acids is 1. The lowest BCUT2D eigenvalue weighted by molar-refractivity contribution is -0.118. The lowest BCUT2D eigenvalue weighted by Gasteiger charge is -2.12. The fourth-order valence-corrected chi connectivity index (χ4v) is 2.81. The number of benzene rings is 2. The fourth-order valence-electron chi connectivity index (χ4n) is 2.04. The van der Waals surface area contributed by atoms with Crippen LogP contribution in [0.4, 0.5) is 18.9 Å². The minimum absolute atomic E-state index is 0.257. The van der Waals surface area contributed by atoms with E-state index in [4.69, 9.17) is 9.47 Å². The van der Waals surface area contributed by atoms with Gasteiger partial charge < -0.3 is 14.8 Å². The smallest absolute Gasteiger partial charge is 0.398 e. The van der Waals surface area contributed by atoms with E-state index in [9.17, 15) is 18.0 Å². The van der Waals surface area contributed by atoms with Crippen LogP contribution in [-0.2, 0) is 4.79 Å². The number of anilines is 1. The average molecular weight is 399 g/mol. The molecular formula is C19H20F3NO3S. The Kier molecular flexibility index (Phi) is 7.84. The first-order chi connectivity index (χ1) is 12.9. The van der Waals surface area contributed by atoms with E-state index in [1.807, 2.05) is 6.92 Å². The van der Waals surface area contributed by atoms with Crippen molar-refractivity contribution in [2.45, 2.75) is 24.4 Å². The number of nitrogens with one attached hydrogen (secondary N) is 1. The van der Waals surface area contributed by atoms with Gasteiger partial charge in [-0.05, 0) is 42.8 Å². The van der Waals surface area contributed by atoms with Gasteiger partial charge in [0.25, 0.3) is 5.91 Å². The highest BCUT2D eigenvalue weighted by atomic mass is 32.2. The maximum absolute atomic E-state index is 12.4. The van der Waals surface area contributed by atoms with Gasteiger partial charge >= 0.3 is 6.18 Å². The van der Waals surface area contributed by atoms with Crippen LogP contribution in [0.15, 0.2) is 53.4 Å². The summed E-state index contributed by atoms with van der Waals surface area (Å²) >= 11 is 0.624. The Hall–Kier alpha value is -2.35. The van der Waals surface area contributed by atoms with Gasteiger partial charge in [0, 0.05) is 4.90 Å². The second kappa shape index (κ2) is 10.1. The zero-order valence-electron chi connectivity index (χ0n) is 14.7. The van der Waals surface area contributed by atoms with Gasteiger partial charge in [0.1, 0.15) is 11.5 Å². The lowest BCUT2D eigenvalue weighted by Crippen LogP contribution is -2.20. The number of para-hydroxylation sites is 1. The van der Waals surface area contributed by atoms with Crippen molar-refractivity contribution < 1.29 is 27.4 Å². The average Bonchev–Trinajstić information content (AvgIpc) is 2.64. The Balaban J connectivity index is 1.87. The van der Waals surface area contributed by atoms with E-state index < -0.39 is 17.8 Å². The third-order valence-electron chi connectivity index (χ3n) is 3.22. The normalized spacial score (nSPS) is 11.1. The highest BCUT2D eigenvalue weighted by Crippen LogP contribution is 2.32. The molecule has 1 N–H and O–H groups in total. The van der Waals surface area contributed by atoms with Gasteiger partial charge in [-0.25, -0.2) is 0 Å². The van der Waals surface area contributed by atoms with Crippen molar-refractivity contribution in [3.63, 3.8) is 0 Å². The molecule has 8 heteroatoms. The monoisotopic (exact) mass is 399 g/mol. The molecule has 0 heterocycles. The summed E-state index contributed by atoms with van der Waals surface area (Å²) in [5.74, 6) is -0.276. The molecule has 0 unspecified atom stereocenters. The zero-order valence-corrected chi connectivity index (χ0v) is 15.5. The molecule has 0 saturated heterocycles. The number of hydrogen-bond acceptors (Lipinski definition) is 4. The van der Waals surface area contributed by atoms with Crippen LogP contribution in [0, 0.1) is 0 Å². The summed E-state index contributed by atoms with van der Waals surface area (Å²) in [5, 5.41) is 2.58. The van der Waals surface area contributed by atoms with Gasteiger partial charge in [-0.1, -0.05) is 19.1 Å². The topological polar surface area (TPSA) is 47.6 Å². The summed E-state index contributed by atoms with van der Waals surface area (Å²) in [6.45, 7) is 2.37. The molecule has 27 heavy (non-hydrogen) atoms. The first kappa shape index (κ1) is 21.0. The number of alkyl halides is 3. The summed E-state index contributed by atoms with van der Waals surface area (Å²) in [4.78, 5) is 12.4. The molecule has 0 atom stereocenters. The highest BCUT2D eigenvalue weighted by Gasteiger charge is 2.27.